The molecule has 2 N–H and O–H groups in total. The number of carboxylic acids is 1. The van der Waals surface area contributed by atoms with E-state index in [4.69, 9.17) is 5.11 Å². The first-order valence-electron chi connectivity index (χ1n) is 7.09. The van der Waals surface area contributed by atoms with E-state index in [0.29, 0.717) is 6.54 Å². The molecule has 2 saturated heterocycles. The summed E-state index contributed by atoms with van der Waals surface area (Å²) >= 11 is 1.73. The van der Waals surface area contributed by atoms with Gasteiger partial charge in [-0.1, -0.05) is 0 Å². The van der Waals surface area contributed by atoms with Crippen LogP contribution in [0.3, 0.4) is 0 Å². The van der Waals surface area contributed by atoms with Crippen LogP contribution in [0.2, 0.25) is 0 Å². The van der Waals surface area contributed by atoms with Gasteiger partial charge in [0.15, 0.2) is 0 Å². The largest absolute Gasteiger partial charge is 0.481 e. The van der Waals surface area contributed by atoms with E-state index in [-0.39, 0.29) is 4.75 Å². The van der Waals surface area contributed by atoms with E-state index in [2.05, 4.69) is 5.32 Å². The van der Waals surface area contributed by atoms with Crippen molar-refractivity contribution in [3.8, 4) is 0 Å². The smallest absolute Gasteiger partial charge is 0.394 e. The lowest BCUT2D eigenvalue weighted by atomic mass is 9.96. The second-order valence-corrected chi connectivity index (χ2v) is 7.74. The lowest BCUT2D eigenvalue weighted by Crippen LogP contribution is -2.44. The fraction of sp³-hybridized carbons (Fsp3) is 0.846. The number of nitrogens with zero attached hydrogens (tertiary/aromatic N) is 1. The number of urea groups is 1. The molecule has 0 saturated carbocycles. The number of amides is 2. The zero-order chi connectivity index (χ0) is 16.5. The van der Waals surface area contributed by atoms with Crippen LogP contribution < -0.4 is 5.32 Å². The molecule has 22 heavy (non-hydrogen) atoms. The highest BCUT2D eigenvalue weighted by atomic mass is 32.2. The molecule has 1 unspecified atom stereocenters. The summed E-state index contributed by atoms with van der Waals surface area (Å²) in [6.45, 7) is 1.38. The van der Waals surface area contributed by atoms with Crippen molar-refractivity contribution in [1.29, 1.82) is 0 Å². The summed E-state index contributed by atoms with van der Waals surface area (Å²) in [5, 5.41) is 11.6. The number of nitrogens with one attached hydrogen (secondary N) is 1. The van der Waals surface area contributed by atoms with Gasteiger partial charge in [-0.05, 0) is 25.5 Å². The molecule has 0 aliphatic carbocycles. The predicted octanol–water partition coefficient (Wildman–Crippen LogP) is 2.18. The highest BCUT2D eigenvalue weighted by Gasteiger charge is 2.53. The van der Waals surface area contributed by atoms with Crippen LogP contribution in [0.4, 0.5) is 18.0 Å². The number of rotatable bonds is 3. The van der Waals surface area contributed by atoms with Crippen LogP contribution in [-0.4, -0.2) is 58.3 Å². The van der Waals surface area contributed by atoms with Gasteiger partial charge in [-0.15, -0.1) is 0 Å². The van der Waals surface area contributed by atoms with Crippen molar-refractivity contribution in [2.45, 2.75) is 30.7 Å². The molecule has 2 aliphatic heterocycles. The Kier molecular flexibility index (Phi) is 4.84. The third kappa shape index (κ3) is 3.80. The molecule has 0 spiro atoms. The SMILES string of the molecule is CC1(CNC(=O)N2C[C@@H](C(F)(F)F)[C@H](C(=O)O)C2)CCCS1. The van der Waals surface area contributed by atoms with Gasteiger partial charge in [0.25, 0.3) is 0 Å². The molecule has 2 rings (SSSR count). The van der Waals surface area contributed by atoms with E-state index in [9.17, 15) is 22.8 Å². The number of likely N-dealkylation sites (tertiary alicyclic amines) is 1. The Hall–Kier alpha value is -1.12. The van der Waals surface area contributed by atoms with Crippen LogP contribution in [0.5, 0.6) is 0 Å². The van der Waals surface area contributed by atoms with E-state index in [0.717, 1.165) is 23.5 Å². The second kappa shape index (κ2) is 6.17. The summed E-state index contributed by atoms with van der Waals surface area (Å²) in [6.07, 6.45) is -2.62. The van der Waals surface area contributed by atoms with Gasteiger partial charge < -0.3 is 15.3 Å². The average molecular weight is 340 g/mol. The van der Waals surface area contributed by atoms with E-state index in [1.54, 1.807) is 11.8 Å². The first-order chi connectivity index (χ1) is 10.1. The standard InChI is InChI=1S/C13H19F3N2O3S/c1-12(3-2-4-22-12)7-17-11(21)18-5-8(10(19)20)9(6-18)13(14,15)16/h8-9H,2-7H2,1H3,(H,17,21)(H,19,20)/t8-,9-,12?/m1/s1. The first kappa shape index (κ1) is 17.2. The maximum Gasteiger partial charge on any atom is 0.394 e. The molecule has 9 heteroatoms. The van der Waals surface area contributed by atoms with Crippen LogP contribution in [-0.2, 0) is 4.79 Å². The number of carbonyl (C=O) groups is 2. The van der Waals surface area contributed by atoms with Crippen molar-refractivity contribution in [3.63, 3.8) is 0 Å². The minimum Gasteiger partial charge on any atom is -0.481 e. The topological polar surface area (TPSA) is 69.6 Å². The van der Waals surface area contributed by atoms with Gasteiger partial charge in [0, 0.05) is 24.4 Å². The summed E-state index contributed by atoms with van der Waals surface area (Å²) in [7, 11) is 0. The highest BCUT2D eigenvalue weighted by molar-refractivity contribution is 8.00. The summed E-state index contributed by atoms with van der Waals surface area (Å²) < 4.78 is 38.5. The molecule has 0 aromatic rings. The van der Waals surface area contributed by atoms with Gasteiger partial charge in [0.2, 0.25) is 0 Å². The van der Waals surface area contributed by atoms with Crippen molar-refractivity contribution in [3.05, 3.63) is 0 Å². The van der Waals surface area contributed by atoms with Crippen LogP contribution in [0.1, 0.15) is 19.8 Å². The van der Waals surface area contributed by atoms with Crippen LogP contribution >= 0.6 is 11.8 Å². The Labute approximate surface area is 130 Å². The van der Waals surface area contributed by atoms with E-state index < -0.39 is 43.1 Å². The number of hydrogen-bond acceptors (Lipinski definition) is 3. The Morgan fingerprint density at radius 2 is 2.09 bits per heavy atom. The van der Waals surface area contributed by atoms with E-state index in [1.165, 1.54) is 0 Å². The number of hydrogen-bond donors (Lipinski definition) is 2. The van der Waals surface area contributed by atoms with Gasteiger partial charge in [0.1, 0.15) is 0 Å². The zero-order valence-corrected chi connectivity index (χ0v) is 13.0. The summed E-state index contributed by atoms with van der Waals surface area (Å²) in [4.78, 5) is 24.0. The molecule has 0 radical (unpaired) electrons. The molecule has 2 heterocycles. The number of alkyl halides is 3. The van der Waals surface area contributed by atoms with E-state index >= 15 is 0 Å². The van der Waals surface area contributed by atoms with Gasteiger partial charge in [-0.25, -0.2) is 4.79 Å². The van der Waals surface area contributed by atoms with Crippen molar-refractivity contribution in [1.82, 2.24) is 10.2 Å². The maximum atomic E-state index is 12.9. The molecule has 0 aromatic heterocycles. The third-order valence-corrected chi connectivity index (χ3v) is 5.80. The van der Waals surface area contributed by atoms with Crippen LogP contribution in [0, 0.1) is 11.8 Å². The fourth-order valence-corrected chi connectivity index (χ4v) is 4.15. The molecule has 2 amide bonds. The number of carbonyl (C=O) groups excluding carboxylic acids is 1. The molecule has 2 aliphatic rings. The number of thioether (sulfide) groups is 1. The maximum absolute atomic E-state index is 12.9. The summed E-state index contributed by atoms with van der Waals surface area (Å²) in [5.41, 5.74) is 0. The number of halogens is 3. The zero-order valence-electron chi connectivity index (χ0n) is 12.2. The Balaban J connectivity index is 1.95. The minimum atomic E-state index is -4.62. The van der Waals surface area contributed by atoms with Gasteiger partial charge in [-0.3, -0.25) is 4.79 Å². The summed E-state index contributed by atoms with van der Waals surface area (Å²) in [5.74, 6) is -4.11. The molecule has 0 bridgehead atoms. The first-order valence-corrected chi connectivity index (χ1v) is 8.07. The fourth-order valence-electron chi connectivity index (χ4n) is 2.90. The molecule has 2 fully saturated rings. The average Bonchev–Trinajstić information content (AvgIpc) is 3.02. The Morgan fingerprint density at radius 3 is 2.55 bits per heavy atom. The minimum absolute atomic E-state index is 0.0922. The third-order valence-electron chi connectivity index (χ3n) is 4.26. The number of aliphatic carboxylic acids is 1. The molecule has 0 aromatic carbocycles. The quantitative estimate of drug-likeness (QED) is 0.826. The van der Waals surface area contributed by atoms with Gasteiger partial charge in [-0.2, -0.15) is 24.9 Å². The monoisotopic (exact) mass is 340 g/mol. The van der Waals surface area contributed by atoms with Crippen LogP contribution in [0.25, 0.3) is 0 Å². The van der Waals surface area contributed by atoms with Crippen LogP contribution in [0.15, 0.2) is 0 Å². The summed E-state index contributed by atoms with van der Waals surface area (Å²) in [6, 6.07) is -0.619. The van der Waals surface area contributed by atoms with Gasteiger partial charge in [0.05, 0.1) is 11.8 Å². The molecular formula is C13H19F3N2O3S. The predicted molar refractivity (Wildman–Crippen MR) is 75.7 cm³/mol. The Morgan fingerprint density at radius 1 is 1.41 bits per heavy atom. The van der Waals surface area contributed by atoms with Crippen molar-refractivity contribution in [2.24, 2.45) is 11.8 Å². The normalized spacial score (nSPS) is 32.3. The molecule has 126 valence electrons. The van der Waals surface area contributed by atoms with Crippen molar-refractivity contribution >= 4 is 23.8 Å². The lowest BCUT2D eigenvalue weighted by Gasteiger charge is -2.25. The molecule has 3 atom stereocenters. The molecular weight excluding hydrogens is 321 g/mol. The number of carboxylic acid groups (broad SMARTS) is 1. The Bertz CT molecular complexity index is 452. The molecule has 5 nitrogen and oxygen atoms in total. The van der Waals surface area contributed by atoms with Crippen molar-refractivity contribution < 1.29 is 27.9 Å². The lowest BCUT2D eigenvalue weighted by molar-refractivity contribution is -0.187. The van der Waals surface area contributed by atoms with Gasteiger partial charge >= 0.3 is 18.2 Å². The second-order valence-electron chi connectivity index (χ2n) is 6.06. The van der Waals surface area contributed by atoms with E-state index in [1.807, 2.05) is 6.92 Å². The van der Waals surface area contributed by atoms with Crippen molar-refractivity contribution in [2.75, 3.05) is 25.4 Å². The highest BCUT2D eigenvalue weighted by Crippen LogP contribution is 2.39.